The molecule has 0 amide bonds. The topological polar surface area (TPSA) is 9.23 Å². The largest absolute Gasteiger partial charge is 0.487 e. The summed E-state index contributed by atoms with van der Waals surface area (Å²) in [6.45, 7) is 4.67. The minimum Gasteiger partial charge on any atom is -0.487 e. The van der Waals surface area contributed by atoms with Crippen LogP contribution < -0.4 is 4.74 Å². The second-order valence-corrected chi connectivity index (χ2v) is 9.93. The number of aryl methyl sites for hydroxylation is 2. The first-order valence-electron chi connectivity index (χ1n) is 12.1. The fourth-order valence-electron chi connectivity index (χ4n) is 4.68. The van der Waals surface area contributed by atoms with Gasteiger partial charge in [0.05, 0.1) is 0 Å². The molecule has 0 saturated carbocycles. The maximum absolute atomic E-state index is 13.2. The molecule has 1 aromatic rings. The van der Waals surface area contributed by atoms with Crippen LogP contribution in [-0.4, -0.2) is 17.7 Å². The minimum atomic E-state index is -4.83. The Morgan fingerprint density at radius 2 is 1.47 bits per heavy atom. The van der Waals surface area contributed by atoms with Crippen LogP contribution in [0, 0.1) is 12.8 Å². The number of rotatable bonds is 13. The molecule has 0 N–H and O–H groups in total. The van der Waals surface area contributed by atoms with Crippen molar-refractivity contribution in [3.05, 3.63) is 29.3 Å². The molecule has 0 aliphatic carbocycles. The van der Waals surface area contributed by atoms with Crippen molar-refractivity contribution in [1.82, 2.24) is 0 Å². The third-order valence-corrected chi connectivity index (χ3v) is 6.70. The normalized spacial score (nSPS) is 20.0. The van der Waals surface area contributed by atoms with Crippen molar-refractivity contribution in [2.45, 2.75) is 122 Å². The van der Waals surface area contributed by atoms with E-state index < -0.39 is 24.4 Å². The van der Waals surface area contributed by atoms with Crippen molar-refractivity contribution in [3.8, 4) is 5.75 Å². The van der Waals surface area contributed by atoms with E-state index in [9.17, 15) is 22.0 Å². The van der Waals surface area contributed by atoms with Crippen LogP contribution >= 0.6 is 0 Å². The number of hydrogen-bond donors (Lipinski definition) is 0. The van der Waals surface area contributed by atoms with Gasteiger partial charge in [0.2, 0.25) is 0 Å². The Kier molecular flexibility index (Phi) is 9.84. The average Bonchev–Trinajstić information content (AvgIpc) is 2.67. The summed E-state index contributed by atoms with van der Waals surface area (Å²) in [5, 5.41) is 0. The maximum Gasteiger partial charge on any atom is 0.397 e. The quantitative estimate of drug-likeness (QED) is 0.210. The number of ether oxygens (including phenoxy) is 1. The molecule has 184 valence electrons. The lowest BCUT2D eigenvalue weighted by molar-refractivity contribution is -0.237. The molecule has 1 heterocycles. The number of halogens is 5. The fourth-order valence-corrected chi connectivity index (χ4v) is 4.68. The van der Waals surface area contributed by atoms with Crippen LogP contribution in [-0.2, 0) is 6.42 Å². The molecule has 1 aliphatic rings. The van der Waals surface area contributed by atoms with Crippen LogP contribution in [0.4, 0.5) is 22.0 Å². The number of unbranched alkanes of at least 4 members (excludes halogenated alkanes) is 8. The van der Waals surface area contributed by atoms with Gasteiger partial charge in [-0.3, -0.25) is 0 Å². The first-order valence-corrected chi connectivity index (χ1v) is 12.1. The Labute approximate surface area is 190 Å². The second-order valence-electron chi connectivity index (χ2n) is 9.93. The molecule has 0 fully saturated rings. The highest BCUT2D eigenvalue weighted by atomic mass is 19.4. The van der Waals surface area contributed by atoms with Gasteiger partial charge >= 0.3 is 6.18 Å². The molecule has 1 aliphatic heterocycles. The Hall–Kier alpha value is -1.33. The van der Waals surface area contributed by atoms with Crippen LogP contribution in [0.2, 0.25) is 0 Å². The van der Waals surface area contributed by atoms with Crippen LogP contribution in [0.5, 0.6) is 5.75 Å². The zero-order valence-electron chi connectivity index (χ0n) is 19.8. The standard InChI is InChI=1S/C26H39F5O/c1-20-14-15-22-21(19-20)16-18-24(2,32-22)17-12-10-8-6-4-5-7-9-11-13-23(25(3,27)28)26(29,30)31/h14-15,19,23H,4-13,16-18H2,1-3H3. The summed E-state index contributed by atoms with van der Waals surface area (Å²) in [5.74, 6) is -5.21. The molecule has 0 aromatic heterocycles. The van der Waals surface area contributed by atoms with Crippen LogP contribution in [0.15, 0.2) is 18.2 Å². The summed E-state index contributed by atoms with van der Waals surface area (Å²) in [7, 11) is 0. The lowest BCUT2D eigenvalue weighted by Crippen LogP contribution is -2.37. The molecule has 0 radical (unpaired) electrons. The number of hydrogen-bond acceptors (Lipinski definition) is 1. The lowest BCUT2D eigenvalue weighted by atomic mass is 9.87. The van der Waals surface area contributed by atoms with Gasteiger partial charge in [0, 0.05) is 0 Å². The summed E-state index contributed by atoms with van der Waals surface area (Å²) >= 11 is 0. The molecule has 0 spiro atoms. The van der Waals surface area contributed by atoms with Crippen LogP contribution in [0.25, 0.3) is 0 Å². The predicted molar refractivity (Wildman–Crippen MR) is 119 cm³/mol. The number of fused-ring (bicyclic) bond motifs is 1. The van der Waals surface area contributed by atoms with Gasteiger partial charge in [-0.25, -0.2) is 8.78 Å². The van der Waals surface area contributed by atoms with Crippen molar-refractivity contribution in [2.24, 2.45) is 5.92 Å². The van der Waals surface area contributed by atoms with Crippen molar-refractivity contribution in [3.63, 3.8) is 0 Å². The summed E-state index contributed by atoms with van der Waals surface area (Å²) < 4.78 is 70.8. The van der Waals surface area contributed by atoms with Gasteiger partial charge < -0.3 is 4.74 Å². The Morgan fingerprint density at radius 3 is 2.03 bits per heavy atom. The van der Waals surface area contributed by atoms with Crippen molar-refractivity contribution in [1.29, 1.82) is 0 Å². The van der Waals surface area contributed by atoms with Gasteiger partial charge in [-0.15, -0.1) is 0 Å². The fraction of sp³-hybridized carbons (Fsp3) is 0.769. The molecular weight excluding hydrogens is 423 g/mol. The maximum atomic E-state index is 13.2. The third kappa shape index (κ3) is 8.90. The van der Waals surface area contributed by atoms with Gasteiger partial charge in [0.15, 0.2) is 0 Å². The van der Waals surface area contributed by atoms with E-state index in [1.165, 1.54) is 11.1 Å². The molecule has 0 saturated heterocycles. The molecule has 32 heavy (non-hydrogen) atoms. The zero-order chi connectivity index (χ0) is 23.8. The van der Waals surface area contributed by atoms with Gasteiger partial charge in [-0.05, 0) is 64.5 Å². The van der Waals surface area contributed by atoms with E-state index in [0.29, 0.717) is 13.3 Å². The highest BCUT2D eigenvalue weighted by molar-refractivity contribution is 5.39. The summed E-state index contributed by atoms with van der Waals surface area (Å²) in [4.78, 5) is 0. The Balaban J connectivity index is 1.50. The van der Waals surface area contributed by atoms with Crippen LogP contribution in [0.3, 0.4) is 0 Å². The molecule has 2 unspecified atom stereocenters. The number of benzene rings is 1. The SMILES string of the molecule is Cc1ccc2c(c1)CCC(C)(CCCCCCCCCCCC(C(C)(F)F)C(F)(F)F)O2. The average molecular weight is 463 g/mol. The molecular formula is C26H39F5O. The molecule has 0 bridgehead atoms. The lowest BCUT2D eigenvalue weighted by Gasteiger charge is -2.36. The molecule has 2 rings (SSSR count). The van der Waals surface area contributed by atoms with E-state index >= 15 is 0 Å². The molecule has 2 atom stereocenters. The van der Waals surface area contributed by atoms with Crippen molar-refractivity contribution in [2.75, 3.05) is 0 Å². The first-order chi connectivity index (χ1) is 14.9. The zero-order valence-corrected chi connectivity index (χ0v) is 19.8. The van der Waals surface area contributed by atoms with Crippen molar-refractivity contribution >= 4 is 0 Å². The second kappa shape index (κ2) is 11.7. The minimum absolute atomic E-state index is 0.0914. The number of alkyl halides is 5. The summed E-state index contributed by atoms with van der Waals surface area (Å²) in [6.07, 6.45) is 5.96. The van der Waals surface area contributed by atoms with E-state index in [2.05, 4.69) is 32.0 Å². The van der Waals surface area contributed by atoms with E-state index in [1.54, 1.807) is 0 Å². The molecule has 1 aromatic carbocycles. The first kappa shape index (κ1) is 26.9. The monoisotopic (exact) mass is 462 g/mol. The van der Waals surface area contributed by atoms with Gasteiger partial charge in [-0.1, -0.05) is 69.1 Å². The molecule has 1 nitrogen and oxygen atoms in total. The highest BCUT2D eigenvalue weighted by Crippen LogP contribution is 2.41. The van der Waals surface area contributed by atoms with E-state index in [0.717, 1.165) is 70.0 Å². The highest BCUT2D eigenvalue weighted by Gasteiger charge is 2.51. The van der Waals surface area contributed by atoms with E-state index in [4.69, 9.17) is 4.74 Å². The molecule has 6 heteroatoms. The van der Waals surface area contributed by atoms with Gasteiger partial charge in [-0.2, -0.15) is 13.2 Å². The van der Waals surface area contributed by atoms with Gasteiger partial charge in [0.25, 0.3) is 5.92 Å². The van der Waals surface area contributed by atoms with Crippen LogP contribution in [0.1, 0.15) is 102 Å². The summed E-state index contributed by atoms with van der Waals surface area (Å²) in [6, 6.07) is 6.39. The van der Waals surface area contributed by atoms with Crippen molar-refractivity contribution < 1.29 is 26.7 Å². The van der Waals surface area contributed by atoms with Gasteiger partial charge in [0.1, 0.15) is 17.3 Å². The predicted octanol–water partition coefficient (Wildman–Crippen LogP) is 9.20. The summed E-state index contributed by atoms with van der Waals surface area (Å²) in [5.41, 5.74) is 2.48. The van der Waals surface area contributed by atoms with E-state index in [1.807, 2.05) is 0 Å². The van der Waals surface area contributed by atoms with E-state index in [-0.39, 0.29) is 12.0 Å². The Bertz CT molecular complexity index is 680. The third-order valence-electron chi connectivity index (χ3n) is 6.70. The Morgan fingerprint density at radius 1 is 0.906 bits per heavy atom. The smallest absolute Gasteiger partial charge is 0.397 e.